The van der Waals surface area contributed by atoms with Crippen molar-refractivity contribution in [2.24, 2.45) is 0 Å². The number of benzene rings is 2. The first-order chi connectivity index (χ1) is 12.6. The summed E-state index contributed by atoms with van der Waals surface area (Å²) in [5, 5.41) is 17.2. The fraction of sp³-hybridized carbons (Fsp3) is 0.0588. The smallest absolute Gasteiger partial charge is 0.353 e. The lowest BCUT2D eigenvalue weighted by Gasteiger charge is -2.11. The molecule has 3 rings (SSSR count). The number of hydrogen-bond donors (Lipinski definition) is 3. The monoisotopic (exact) mass is 352 g/mol. The number of hydrogen-bond acceptors (Lipinski definition) is 8. The molecule has 0 saturated heterocycles. The van der Waals surface area contributed by atoms with Crippen molar-refractivity contribution in [3.8, 4) is 5.75 Å². The lowest BCUT2D eigenvalue weighted by atomic mass is 10.3. The van der Waals surface area contributed by atoms with Gasteiger partial charge in [-0.25, -0.2) is 0 Å². The molecule has 0 amide bonds. The number of nitro groups is 1. The fourth-order valence-corrected chi connectivity index (χ4v) is 2.26. The van der Waals surface area contributed by atoms with E-state index in [1.165, 1.54) is 0 Å². The maximum absolute atomic E-state index is 11.3. The van der Waals surface area contributed by atoms with Crippen molar-refractivity contribution < 1.29 is 9.66 Å². The van der Waals surface area contributed by atoms with Gasteiger partial charge in [-0.1, -0.05) is 18.2 Å². The molecule has 0 aliphatic rings. The van der Waals surface area contributed by atoms with Crippen LogP contribution in [0.1, 0.15) is 0 Å². The summed E-state index contributed by atoms with van der Waals surface area (Å²) in [4.78, 5) is 18.9. The lowest BCUT2D eigenvalue weighted by molar-refractivity contribution is -0.383. The average Bonchev–Trinajstić information content (AvgIpc) is 2.62. The third-order valence-electron chi connectivity index (χ3n) is 3.48. The number of rotatable bonds is 6. The number of para-hydroxylation sites is 1. The van der Waals surface area contributed by atoms with Crippen LogP contribution < -0.4 is 21.1 Å². The molecule has 3 aromatic rings. The fourth-order valence-electron chi connectivity index (χ4n) is 2.26. The summed E-state index contributed by atoms with van der Waals surface area (Å²) in [6.45, 7) is 0. The van der Waals surface area contributed by atoms with Gasteiger partial charge < -0.3 is 21.1 Å². The van der Waals surface area contributed by atoms with Crippen LogP contribution in [0.25, 0.3) is 0 Å². The molecule has 26 heavy (non-hydrogen) atoms. The zero-order valence-electron chi connectivity index (χ0n) is 13.8. The van der Waals surface area contributed by atoms with Crippen molar-refractivity contribution in [2.45, 2.75) is 0 Å². The van der Waals surface area contributed by atoms with Gasteiger partial charge in [0.15, 0.2) is 0 Å². The van der Waals surface area contributed by atoms with E-state index in [9.17, 15) is 10.1 Å². The van der Waals surface area contributed by atoms with Gasteiger partial charge in [0, 0.05) is 11.4 Å². The van der Waals surface area contributed by atoms with E-state index < -0.39 is 4.92 Å². The van der Waals surface area contributed by atoms with Gasteiger partial charge in [-0.05, 0) is 36.4 Å². The molecule has 0 radical (unpaired) electrons. The summed E-state index contributed by atoms with van der Waals surface area (Å²) in [5.41, 5.74) is 6.73. The van der Waals surface area contributed by atoms with Gasteiger partial charge in [-0.15, -0.1) is 0 Å². The highest BCUT2D eigenvalue weighted by atomic mass is 16.6. The van der Waals surface area contributed by atoms with Crippen molar-refractivity contribution in [2.75, 3.05) is 23.5 Å². The molecular weight excluding hydrogens is 336 g/mol. The van der Waals surface area contributed by atoms with E-state index in [0.717, 1.165) is 0 Å². The number of nitrogens with zero attached hydrogens (tertiary/aromatic N) is 3. The first kappa shape index (κ1) is 17.0. The molecule has 0 aliphatic heterocycles. The van der Waals surface area contributed by atoms with Crippen LogP contribution >= 0.6 is 0 Å². The molecule has 4 N–H and O–H groups in total. The van der Waals surface area contributed by atoms with Gasteiger partial charge >= 0.3 is 5.69 Å². The van der Waals surface area contributed by atoms with Crippen LogP contribution in [0.5, 0.6) is 5.75 Å². The van der Waals surface area contributed by atoms with Crippen LogP contribution in [0.4, 0.5) is 34.6 Å². The summed E-state index contributed by atoms with van der Waals surface area (Å²) in [6.07, 6.45) is 0. The predicted octanol–water partition coefficient (Wildman–Crippen LogP) is 3.46. The molecule has 2 aromatic carbocycles. The number of nitrogens with two attached hydrogens (primary N) is 1. The molecule has 0 unspecified atom stereocenters. The summed E-state index contributed by atoms with van der Waals surface area (Å²) < 4.78 is 5.10. The normalized spacial score (nSPS) is 10.2. The van der Waals surface area contributed by atoms with Gasteiger partial charge in [0.05, 0.1) is 12.0 Å². The second kappa shape index (κ2) is 7.34. The van der Waals surface area contributed by atoms with Gasteiger partial charge in [0.2, 0.25) is 17.6 Å². The van der Waals surface area contributed by atoms with Crippen LogP contribution in [-0.4, -0.2) is 22.0 Å². The number of ether oxygens (including phenoxy) is 1. The van der Waals surface area contributed by atoms with Crippen molar-refractivity contribution in [1.29, 1.82) is 0 Å². The Morgan fingerprint density at radius 2 is 1.65 bits per heavy atom. The van der Waals surface area contributed by atoms with Crippen molar-refractivity contribution in [1.82, 2.24) is 9.97 Å². The zero-order chi connectivity index (χ0) is 18.5. The number of nitrogen functional groups attached to an aromatic ring is 1. The SMILES string of the molecule is COc1ccc(Nc2nc(N)c([N+](=O)[O-])c(Nc3ccccc3)n2)cc1. The Kier molecular flexibility index (Phi) is 4.79. The highest BCUT2D eigenvalue weighted by Gasteiger charge is 2.23. The Hall–Kier alpha value is -3.88. The Morgan fingerprint density at radius 1 is 1.00 bits per heavy atom. The molecule has 0 bridgehead atoms. The van der Waals surface area contributed by atoms with Crippen LogP contribution in [0.2, 0.25) is 0 Å². The molecule has 0 saturated carbocycles. The first-order valence-electron chi connectivity index (χ1n) is 7.62. The second-order valence-electron chi connectivity index (χ2n) is 5.23. The van der Waals surface area contributed by atoms with Crippen LogP contribution in [0.3, 0.4) is 0 Å². The minimum Gasteiger partial charge on any atom is -0.497 e. The van der Waals surface area contributed by atoms with Crippen LogP contribution in [0.15, 0.2) is 54.6 Å². The quantitative estimate of drug-likeness (QED) is 0.454. The average molecular weight is 352 g/mol. The van der Waals surface area contributed by atoms with E-state index in [4.69, 9.17) is 10.5 Å². The van der Waals surface area contributed by atoms with Crippen molar-refractivity contribution >= 4 is 34.6 Å². The third kappa shape index (κ3) is 3.78. The Balaban J connectivity index is 1.94. The molecule has 0 fully saturated rings. The summed E-state index contributed by atoms with van der Waals surface area (Å²) in [6, 6.07) is 16.0. The number of anilines is 5. The Labute approximate surface area is 149 Å². The van der Waals surface area contributed by atoms with E-state index >= 15 is 0 Å². The third-order valence-corrected chi connectivity index (χ3v) is 3.48. The maximum Gasteiger partial charge on any atom is 0.353 e. The van der Waals surface area contributed by atoms with Gasteiger partial charge in [0.1, 0.15) is 5.75 Å². The molecule has 1 aromatic heterocycles. The Bertz CT molecular complexity index is 916. The molecule has 132 valence electrons. The number of aromatic nitrogens is 2. The van der Waals surface area contributed by atoms with E-state index in [1.54, 1.807) is 55.6 Å². The predicted molar refractivity (Wildman–Crippen MR) is 99.1 cm³/mol. The van der Waals surface area contributed by atoms with E-state index in [-0.39, 0.29) is 23.3 Å². The lowest BCUT2D eigenvalue weighted by Crippen LogP contribution is -2.08. The van der Waals surface area contributed by atoms with Gasteiger partial charge in [-0.3, -0.25) is 10.1 Å². The summed E-state index contributed by atoms with van der Waals surface area (Å²) >= 11 is 0. The largest absolute Gasteiger partial charge is 0.497 e. The molecule has 0 atom stereocenters. The zero-order valence-corrected chi connectivity index (χ0v) is 13.8. The molecule has 1 heterocycles. The van der Waals surface area contributed by atoms with E-state index in [0.29, 0.717) is 17.1 Å². The number of nitrogens with one attached hydrogen (secondary N) is 2. The van der Waals surface area contributed by atoms with Crippen LogP contribution in [-0.2, 0) is 0 Å². The minimum absolute atomic E-state index is 0.00436. The van der Waals surface area contributed by atoms with E-state index in [1.807, 2.05) is 6.07 Å². The van der Waals surface area contributed by atoms with Gasteiger partial charge in [0.25, 0.3) is 0 Å². The first-order valence-corrected chi connectivity index (χ1v) is 7.62. The molecular formula is C17H16N6O3. The molecule has 9 heteroatoms. The highest BCUT2D eigenvalue weighted by Crippen LogP contribution is 2.32. The second-order valence-corrected chi connectivity index (χ2v) is 5.23. The summed E-state index contributed by atoms with van der Waals surface area (Å²) in [5.74, 6) is 0.604. The molecule has 9 nitrogen and oxygen atoms in total. The van der Waals surface area contributed by atoms with Crippen LogP contribution in [0, 0.1) is 10.1 Å². The van der Waals surface area contributed by atoms with Crippen molar-refractivity contribution in [3.63, 3.8) is 0 Å². The van der Waals surface area contributed by atoms with E-state index in [2.05, 4.69) is 20.6 Å². The van der Waals surface area contributed by atoms with Gasteiger partial charge in [-0.2, -0.15) is 9.97 Å². The highest BCUT2D eigenvalue weighted by molar-refractivity contribution is 5.75. The standard InChI is InChI=1S/C17H16N6O3/c1-26-13-9-7-12(8-10-13)20-17-21-15(18)14(23(24)25)16(22-17)19-11-5-3-2-4-6-11/h2-10H,1H3,(H4,18,19,20,21,22). The van der Waals surface area contributed by atoms with Crippen molar-refractivity contribution in [3.05, 3.63) is 64.7 Å². The molecule has 0 aliphatic carbocycles. The topological polar surface area (TPSA) is 128 Å². The minimum atomic E-state index is -0.613. The molecule has 0 spiro atoms. The summed E-state index contributed by atoms with van der Waals surface area (Å²) in [7, 11) is 1.57. The Morgan fingerprint density at radius 3 is 2.27 bits per heavy atom. The number of methoxy groups -OCH3 is 1. The maximum atomic E-state index is 11.3.